The smallest absolute Gasteiger partial charge is 0.310 e. The molecule has 2 aliphatic rings. The van der Waals surface area contributed by atoms with E-state index in [0.29, 0.717) is 18.4 Å². The number of ether oxygens (including phenoxy) is 1. The minimum absolute atomic E-state index is 0.133. The predicted molar refractivity (Wildman–Crippen MR) is 70.3 cm³/mol. The van der Waals surface area contributed by atoms with Crippen molar-refractivity contribution in [2.75, 3.05) is 6.61 Å². The van der Waals surface area contributed by atoms with Crippen molar-refractivity contribution in [2.24, 2.45) is 41.4 Å². The van der Waals surface area contributed by atoms with Crippen LogP contribution in [0.5, 0.6) is 0 Å². The molecule has 2 aliphatic carbocycles. The van der Waals surface area contributed by atoms with E-state index in [9.17, 15) is 14.7 Å². The maximum absolute atomic E-state index is 12.2. The highest BCUT2D eigenvalue weighted by molar-refractivity contribution is 5.83. The molecule has 2 saturated carbocycles. The van der Waals surface area contributed by atoms with Crippen molar-refractivity contribution in [3.8, 4) is 0 Å². The monoisotopic (exact) mass is 268 g/mol. The van der Waals surface area contributed by atoms with Crippen LogP contribution in [0, 0.1) is 41.4 Å². The molecule has 2 bridgehead atoms. The minimum atomic E-state index is -0.835. The molecular weight excluding hydrogens is 244 g/mol. The van der Waals surface area contributed by atoms with Gasteiger partial charge in [-0.05, 0) is 36.0 Å². The van der Waals surface area contributed by atoms with Gasteiger partial charge in [0.15, 0.2) is 0 Å². The molecular formula is C15H24O4. The zero-order chi connectivity index (χ0) is 14.3. The third kappa shape index (κ3) is 2.37. The lowest BCUT2D eigenvalue weighted by atomic mass is 9.69. The number of rotatable bonds is 4. The quantitative estimate of drug-likeness (QED) is 0.795. The molecule has 19 heavy (non-hydrogen) atoms. The van der Waals surface area contributed by atoms with Gasteiger partial charge in [-0.15, -0.1) is 0 Å². The Labute approximate surface area is 114 Å². The van der Waals surface area contributed by atoms with E-state index < -0.39 is 17.8 Å². The van der Waals surface area contributed by atoms with Crippen molar-refractivity contribution in [1.82, 2.24) is 0 Å². The fourth-order valence-electron chi connectivity index (χ4n) is 4.01. The highest BCUT2D eigenvalue weighted by Crippen LogP contribution is 2.58. The van der Waals surface area contributed by atoms with Crippen LogP contribution in [-0.2, 0) is 14.3 Å². The molecule has 0 amide bonds. The van der Waals surface area contributed by atoms with Crippen molar-refractivity contribution in [2.45, 2.75) is 34.1 Å². The Kier molecular flexibility index (Phi) is 3.88. The van der Waals surface area contributed by atoms with Gasteiger partial charge in [0.05, 0.1) is 18.4 Å². The number of esters is 1. The first-order valence-electron chi connectivity index (χ1n) is 7.24. The van der Waals surface area contributed by atoms with Gasteiger partial charge in [0.2, 0.25) is 0 Å². The van der Waals surface area contributed by atoms with Crippen molar-refractivity contribution in [3.05, 3.63) is 0 Å². The van der Waals surface area contributed by atoms with Gasteiger partial charge < -0.3 is 9.84 Å². The average molecular weight is 268 g/mol. The van der Waals surface area contributed by atoms with Gasteiger partial charge in [0.1, 0.15) is 0 Å². The summed E-state index contributed by atoms with van der Waals surface area (Å²) in [6.07, 6.45) is 0.862. The molecule has 0 aliphatic heterocycles. The number of fused-ring (bicyclic) bond motifs is 2. The number of aliphatic carboxylic acids is 1. The van der Waals surface area contributed by atoms with Gasteiger partial charge >= 0.3 is 11.9 Å². The zero-order valence-corrected chi connectivity index (χ0v) is 12.1. The molecule has 6 atom stereocenters. The average Bonchev–Trinajstić information content (AvgIpc) is 2.84. The molecule has 0 spiro atoms. The molecule has 2 rings (SSSR count). The second kappa shape index (κ2) is 5.14. The van der Waals surface area contributed by atoms with Crippen molar-refractivity contribution in [3.63, 3.8) is 0 Å². The van der Waals surface area contributed by atoms with E-state index in [1.165, 1.54) is 0 Å². The summed E-state index contributed by atoms with van der Waals surface area (Å²) in [6, 6.07) is 0. The van der Waals surface area contributed by atoms with Crippen molar-refractivity contribution in [1.29, 1.82) is 0 Å². The molecule has 2 fully saturated rings. The summed E-state index contributed by atoms with van der Waals surface area (Å²) in [5.74, 6) is -0.720. The topological polar surface area (TPSA) is 63.6 Å². The van der Waals surface area contributed by atoms with E-state index in [0.717, 1.165) is 6.42 Å². The van der Waals surface area contributed by atoms with Crippen LogP contribution in [-0.4, -0.2) is 23.7 Å². The lowest BCUT2D eigenvalue weighted by Gasteiger charge is -2.35. The summed E-state index contributed by atoms with van der Waals surface area (Å²) in [4.78, 5) is 23.7. The van der Waals surface area contributed by atoms with Gasteiger partial charge in [-0.2, -0.15) is 0 Å². The Hall–Kier alpha value is -1.06. The number of carbonyl (C=O) groups is 2. The molecule has 4 nitrogen and oxygen atoms in total. The Morgan fingerprint density at radius 2 is 1.68 bits per heavy atom. The molecule has 0 aromatic carbocycles. The van der Waals surface area contributed by atoms with Gasteiger partial charge in [-0.25, -0.2) is 0 Å². The first-order chi connectivity index (χ1) is 8.84. The normalized spacial score (nSPS) is 40.7. The van der Waals surface area contributed by atoms with Gasteiger partial charge in [0.25, 0.3) is 0 Å². The van der Waals surface area contributed by atoms with E-state index in [-0.39, 0.29) is 23.7 Å². The van der Waals surface area contributed by atoms with E-state index in [4.69, 9.17) is 4.74 Å². The summed E-state index contributed by atoms with van der Waals surface area (Å²) < 4.78 is 5.30. The Balaban J connectivity index is 2.14. The largest absolute Gasteiger partial charge is 0.481 e. The number of carbonyl (C=O) groups excluding carboxylic acids is 1. The van der Waals surface area contributed by atoms with Gasteiger partial charge in [-0.1, -0.05) is 27.7 Å². The van der Waals surface area contributed by atoms with Gasteiger partial charge in [-0.3, -0.25) is 9.59 Å². The molecule has 4 heteroatoms. The molecule has 6 unspecified atom stereocenters. The van der Waals surface area contributed by atoms with Crippen molar-refractivity contribution < 1.29 is 19.4 Å². The van der Waals surface area contributed by atoms with Crippen LogP contribution in [0.1, 0.15) is 34.1 Å². The SMILES string of the molecule is CC(C)COC(=O)C1C2CC(C(C)C2C)C1C(=O)O. The lowest BCUT2D eigenvalue weighted by Crippen LogP contribution is -2.41. The van der Waals surface area contributed by atoms with Crippen LogP contribution in [0.15, 0.2) is 0 Å². The number of hydrogen-bond donors (Lipinski definition) is 1. The second-order valence-corrected chi connectivity index (χ2v) is 6.70. The summed E-state index contributed by atoms with van der Waals surface area (Å²) in [7, 11) is 0. The molecule has 108 valence electrons. The summed E-state index contributed by atoms with van der Waals surface area (Å²) >= 11 is 0. The van der Waals surface area contributed by atoms with Crippen LogP contribution >= 0.6 is 0 Å². The van der Waals surface area contributed by atoms with Gasteiger partial charge in [0, 0.05) is 0 Å². The molecule has 1 N–H and O–H groups in total. The summed E-state index contributed by atoms with van der Waals surface area (Å²) in [6.45, 7) is 8.58. The third-order valence-corrected chi connectivity index (χ3v) is 5.15. The lowest BCUT2D eigenvalue weighted by molar-refractivity contribution is -0.163. The fraction of sp³-hybridized carbons (Fsp3) is 0.867. The number of carboxylic acid groups (broad SMARTS) is 1. The Bertz CT molecular complexity index is 376. The van der Waals surface area contributed by atoms with Crippen molar-refractivity contribution >= 4 is 11.9 Å². The minimum Gasteiger partial charge on any atom is -0.481 e. The predicted octanol–water partition coefficient (Wildman–Crippen LogP) is 2.42. The zero-order valence-electron chi connectivity index (χ0n) is 12.1. The van der Waals surface area contributed by atoms with Crippen LogP contribution in [0.3, 0.4) is 0 Å². The highest BCUT2D eigenvalue weighted by atomic mass is 16.5. The Morgan fingerprint density at radius 3 is 2.16 bits per heavy atom. The molecule has 0 saturated heterocycles. The standard InChI is InChI=1S/C15H24O4/c1-7(2)6-19-15(18)13-11-5-10(8(3)9(11)4)12(13)14(16)17/h7-13H,5-6H2,1-4H3,(H,16,17). The Morgan fingerprint density at radius 1 is 1.16 bits per heavy atom. The van der Waals surface area contributed by atoms with E-state index in [1.54, 1.807) is 0 Å². The first kappa shape index (κ1) is 14.4. The maximum Gasteiger partial charge on any atom is 0.310 e. The van der Waals surface area contributed by atoms with E-state index >= 15 is 0 Å². The molecule has 0 aromatic rings. The summed E-state index contributed by atoms with van der Waals surface area (Å²) in [5.41, 5.74) is 0. The maximum atomic E-state index is 12.2. The molecule has 0 aromatic heterocycles. The number of hydrogen-bond acceptors (Lipinski definition) is 3. The summed E-state index contributed by atoms with van der Waals surface area (Å²) in [5, 5.41) is 9.43. The van der Waals surface area contributed by atoms with Crippen LogP contribution in [0.4, 0.5) is 0 Å². The first-order valence-corrected chi connectivity index (χ1v) is 7.24. The molecule has 0 radical (unpaired) electrons. The number of carboxylic acids is 1. The van der Waals surface area contributed by atoms with E-state index in [1.807, 2.05) is 13.8 Å². The van der Waals surface area contributed by atoms with Crippen LogP contribution in [0.25, 0.3) is 0 Å². The van der Waals surface area contributed by atoms with Crippen LogP contribution < -0.4 is 0 Å². The third-order valence-electron chi connectivity index (χ3n) is 5.15. The fourth-order valence-corrected chi connectivity index (χ4v) is 4.01. The molecule has 0 heterocycles. The van der Waals surface area contributed by atoms with E-state index in [2.05, 4.69) is 13.8 Å². The second-order valence-electron chi connectivity index (χ2n) is 6.70. The highest BCUT2D eigenvalue weighted by Gasteiger charge is 2.60. The van der Waals surface area contributed by atoms with Crippen LogP contribution in [0.2, 0.25) is 0 Å².